The van der Waals surface area contributed by atoms with Crippen molar-refractivity contribution in [2.75, 3.05) is 5.32 Å². The van der Waals surface area contributed by atoms with Gasteiger partial charge >= 0.3 is 6.18 Å². The smallest absolute Gasteiger partial charge is 0.325 e. The molecule has 2 nitrogen and oxygen atoms in total. The zero-order valence-corrected chi connectivity index (χ0v) is 13.2. The largest absolute Gasteiger partial charge is 0.391 e. The van der Waals surface area contributed by atoms with Crippen molar-refractivity contribution >= 4 is 34.2 Å². The molecule has 0 atom stereocenters. The first-order valence-corrected chi connectivity index (χ1v) is 7.68. The summed E-state index contributed by atoms with van der Waals surface area (Å²) in [6.45, 7) is 0. The van der Waals surface area contributed by atoms with E-state index in [-0.39, 0.29) is 31.6 Å². The standard InChI is InChI=1S/C14H14F4INO/c15-10-5-6-12(11(19)7-10)20-13(21)8-1-3-9(4-2-8)14(16,17)18/h5-9H,1-4H2,(H,20,21). The van der Waals surface area contributed by atoms with Gasteiger partial charge in [0.1, 0.15) is 5.82 Å². The Kier molecular flexibility index (Phi) is 5.11. The van der Waals surface area contributed by atoms with E-state index in [0.717, 1.165) is 0 Å². The predicted molar refractivity (Wildman–Crippen MR) is 79.2 cm³/mol. The van der Waals surface area contributed by atoms with Crippen LogP contribution >= 0.6 is 22.6 Å². The number of halogens is 5. The summed E-state index contributed by atoms with van der Waals surface area (Å²) in [7, 11) is 0. The molecule has 0 spiro atoms. The normalized spacial score (nSPS) is 22.9. The topological polar surface area (TPSA) is 29.1 Å². The Bertz CT molecular complexity index is 524. The summed E-state index contributed by atoms with van der Waals surface area (Å²) in [6.07, 6.45) is -3.74. The Morgan fingerprint density at radius 2 is 1.81 bits per heavy atom. The van der Waals surface area contributed by atoms with Crippen LogP contribution in [0.5, 0.6) is 0 Å². The van der Waals surface area contributed by atoms with E-state index in [4.69, 9.17) is 0 Å². The third-order valence-corrected chi connectivity index (χ3v) is 4.64. The van der Waals surface area contributed by atoms with E-state index in [9.17, 15) is 22.4 Å². The van der Waals surface area contributed by atoms with Crippen molar-refractivity contribution in [2.24, 2.45) is 11.8 Å². The molecular weight excluding hydrogens is 401 g/mol. The molecule has 1 aliphatic carbocycles. The maximum Gasteiger partial charge on any atom is 0.391 e. The molecule has 0 saturated heterocycles. The van der Waals surface area contributed by atoms with Gasteiger partial charge in [-0.1, -0.05) is 0 Å². The fraction of sp³-hybridized carbons (Fsp3) is 0.500. The maximum atomic E-state index is 13.0. The van der Waals surface area contributed by atoms with Gasteiger partial charge in [-0.3, -0.25) is 4.79 Å². The highest BCUT2D eigenvalue weighted by molar-refractivity contribution is 14.1. The lowest BCUT2D eigenvalue weighted by Gasteiger charge is -2.29. The molecule has 1 aromatic carbocycles. The van der Waals surface area contributed by atoms with Gasteiger partial charge < -0.3 is 5.32 Å². The molecule has 0 bridgehead atoms. The fourth-order valence-corrected chi connectivity index (χ4v) is 3.12. The molecule has 0 aliphatic heterocycles. The van der Waals surface area contributed by atoms with Gasteiger partial charge in [-0.2, -0.15) is 13.2 Å². The molecule has 0 aromatic heterocycles. The van der Waals surface area contributed by atoms with Gasteiger partial charge in [-0.15, -0.1) is 0 Å². The summed E-state index contributed by atoms with van der Waals surface area (Å²) >= 11 is 1.90. The first kappa shape index (κ1) is 16.5. The molecule has 1 amide bonds. The van der Waals surface area contributed by atoms with Crippen molar-refractivity contribution in [3.8, 4) is 0 Å². The molecule has 2 rings (SSSR count). The lowest BCUT2D eigenvalue weighted by atomic mass is 9.81. The molecule has 1 saturated carbocycles. The molecule has 0 unspecified atom stereocenters. The van der Waals surface area contributed by atoms with Crippen LogP contribution in [0.15, 0.2) is 18.2 Å². The zero-order valence-electron chi connectivity index (χ0n) is 11.0. The first-order chi connectivity index (χ1) is 9.77. The molecule has 0 radical (unpaired) electrons. The average molecular weight is 415 g/mol. The van der Waals surface area contributed by atoms with Gasteiger partial charge in [0.05, 0.1) is 11.6 Å². The van der Waals surface area contributed by atoms with E-state index in [1.54, 1.807) is 0 Å². The second-order valence-corrected chi connectivity index (χ2v) is 6.37. The van der Waals surface area contributed by atoms with E-state index >= 15 is 0 Å². The van der Waals surface area contributed by atoms with E-state index < -0.39 is 23.8 Å². The number of nitrogens with one attached hydrogen (secondary N) is 1. The van der Waals surface area contributed by atoms with Crippen molar-refractivity contribution in [2.45, 2.75) is 31.9 Å². The minimum absolute atomic E-state index is 0.0118. The molecule has 1 aromatic rings. The van der Waals surface area contributed by atoms with E-state index in [1.165, 1.54) is 18.2 Å². The molecular formula is C14H14F4INO. The number of hydrogen-bond acceptors (Lipinski definition) is 1. The zero-order chi connectivity index (χ0) is 15.6. The summed E-state index contributed by atoms with van der Waals surface area (Å²) in [5.41, 5.74) is 0.486. The minimum Gasteiger partial charge on any atom is -0.325 e. The highest BCUT2D eigenvalue weighted by Crippen LogP contribution is 2.39. The average Bonchev–Trinajstić information content (AvgIpc) is 2.41. The monoisotopic (exact) mass is 415 g/mol. The fourth-order valence-electron chi connectivity index (χ4n) is 2.51. The van der Waals surface area contributed by atoms with Crippen LogP contribution in [0.2, 0.25) is 0 Å². The first-order valence-electron chi connectivity index (χ1n) is 6.60. The van der Waals surface area contributed by atoms with Crippen molar-refractivity contribution in [3.05, 3.63) is 27.6 Å². The van der Waals surface area contributed by atoms with Gasteiger partial charge in [0.25, 0.3) is 0 Å². The summed E-state index contributed by atoms with van der Waals surface area (Å²) in [4.78, 5) is 12.1. The number of amides is 1. The van der Waals surface area contributed by atoms with E-state index in [0.29, 0.717) is 9.26 Å². The van der Waals surface area contributed by atoms with Crippen LogP contribution in [0.3, 0.4) is 0 Å². The number of alkyl halides is 3. The third kappa shape index (κ3) is 4.31. The van der Waals surface area contributed by atoms with Crippen molar-refractivity contribution < 1.29 is 22.4 Å². The van der Waals surface area contributed by atoms with Crippen LogP contribution in [0.25, 0.3) is 0 Å². The second-order valence-electron chi connectivity index (χ2n) is 5.20. The van der Waals surface area contributed by atoms with Crippen molar-refractivity contribution in [1.29, 1.82) is 0 Å². The number of rotatable bonds is 2. The maximum absolute atomic E-state index is 13.0. The van der Waals surface area contributed by atoms with Crippen LogP contribution in [0.1, 0.15) is 25.7 Å². The molecule has 1 aliphatic rings. The van der Waals surface area contributed by atoms with E-state index in [2.05, 4.69) is 5.32 Å². The minimum atomic E-state index is -4.17. The highest BCUT2D eigenvalue weighted by Gasteiger charge is 2.42. The lowest BCUT2D eigenvalue weighted by molar-refractivity contribution is -0.184. The molecule has 21 heavy (non-hydrogen) atoms. The second kappa shape index (κ2) is 6.50. The van der Waals surface area contributed by atoms with E-state index in [1.807, 2.05) is 22.6 Å². The van der Waals surface area contributed by atoms with Crippen LogP contribution in [0.4, 0.5) is 23.2 Å². The van der Waals surface area contributed by atoms with Crippen LogP contribution < -0.4 is 5.32 Å². The molecule has 0 heterocycles. The van der Waals surface area contributed by atoms with Crippen molar-refractivity contribution in [3.63, 3.8) is 0 Å². The SMILES string of the molecule is O=C(Nc1ccc(F)cc1I)C1CCC(C(F)(F)F)CC1. The predicted octanol–water partition coefficient (Wildman–Crippen LogP) is 4.74. The number of carbonyl (C=O) groups excluding carboxylic acids is 1. The molecule has 1 fully saturated rings. The number of anilines is 1. The Hall–Kier alpha value is -0.860. The van der Waals surface area contributed by atoms with Crippen molar-refractivity contribution in [1.82, 2.24) is 0 Å². The van der Waals surface area contributed by atoms with Gasteiger partial charge in [0.15, 0.2) is 0 Å². The quantitative estimate of drug-likeness (QED) is 0.549. The number of hydrogen-bond donors (Lipinski definition) is 1. The van der Waals surface area contributed by atoms with Gasteiger partial charge in [-0.25, -0.2) is 4.39 Å². The summed E-state index contributed by atoms with van der Waals surface area (Å²) in [5.74, 6) is -2.40. The molecule has 116 valence electrons. The number of benzene rings is 1. The van der Waals surface area contributed by atoms with Crippen LogP contribution in [-0.2, 0) is 4.79 Å². The lowest BCUT2D eigenvalue weighted by Crippen LogP contribution is -2.32. The van der Waals surface area contributed by atoms with Crippen LogP contribution in [0, 0.1) is 21.2 Å². The third-order valence-electron chi connectivity index (χ3n) is 3.75. The molecule has 1 N–H and O–H groups in total. The summed E-state index contributed by atoms with van der Waals surface area (Å²) < 4.78 is 51.2. The van der Waals surface area contributed by atoms with Gasteiger partial charge in [0.2, 0.25) is 5.91 Å². The van der Waals surface area contributed by atoms with Gasteiger partial charge in [-0.05, 0) is 66.5 Å². The summed E-state index contributed by atoms with van der Waals surface area (Å²) in [6, 6.07) is 3.98. The van der Waals surface area contributed by atoms with Crippen LogP contribution in [-0.4, -0.2) is 12.1 Å². The Labute approximate surface area is 133 Å². The summed E-state index contributed by atoms with van der Waals surface area (Å²) in [5, 5.41) is 2.67. The Morgan fingerprint density at radius 1 is 1.19 bits per heavy atom. The molecule has 7 heteroatoms. The highest BCUT2D eigenvalue weighted by atomic mass is 127. The Balaban J connectivity index is 1.93. The number of carbonyl (C=O) groups is 1. The van der Waals surface area contributed by atoms with Gasteiger partial charge in [0, 0.05) is 9.49 Å². The Morgan fingerprint density at radius 3 is 2.33 bits per heavy atom.